The van der Waals surface area contributed by atoms with Gasteiger partial charge in [0.15, 0.2) is 0 Å². The fourth-order valence-electron chi connectivity index (χ4n) is 2.34. The van der Waals surface area contributed by atoms with Crippen LogP contribution in [0.5, 0.6) is 0 Å². The molecule has 0 spiro atoms. The third-order valence-electron chi connectivity index (χ3n) is 3.60. The molecule has 0 saturated heterocycles. The number of carbonyl (C=O) groups is 1. The first-order valence-corrected chi connectivity index (χ1v) is 9.48. The van der Waals surface area contributed by atoms with Crippen molar-refractivity contribution < 1.29 is 9.53 Å². The third-order valence-corrected chi connectivity index (χ3v) is 3.86. The average Bonchev–Trinajstić information content (AvgIpc) is 2.46. The van der Waals surface area contributed by atoms with Gasteiger partial charge >= 0.3 is 5.97 Å². The minimum atomic E-state index is -0.615. The lowest BCUT2D eigenvalue weighted by Crippen LogP contribution is -2.09. The zero-order valence-electron chi connectivity index (χ0n) is 13.5. The Labute approximate surface area is 140 Å². The van der Waals surface area contributed by atoms with E-state index >= 15 is 0 Å². The highest BCUT2D eigenvalue weighted by Gasteiger charge is 2.05. The SMILES string of the molecule is CCCCCCCCCCCCCCC(=O)OCC(Cl)Cl. The number of rotatable bonds is 15. The molecular weight excluding hydrogens is 307 g/mol. The van der Waals surface area contributed by atoms with Crippen LogP contribution in [0.2, 0.25) is 0 Å². The summed E-state index contributed by atoms with van der Waals surface area (Å²) in [6.07, 6.45) is 16.0. The predicted octanol–water partition coefficient (Wildman–Crippen LogP) is 6.42. The molecule has 0 N–H and O–H groups in total. The van der Waals surface area contributed by atoms with E-state index in [0.717, 1.165) is 12.8 Å². The normalized spacial score (nSPS) is 11.0. The van der Waals surface area contributed by atoms with Gasteiger partial charge in [-0.25, -0.2) is 0 Å². The Morgan fingerprint density at radius 2 is 1.24 bits per heavy atom. The number of hydrogen-bond donors (Lipinski definition) is 0. The van der Waals surface area contributed by atoms with Crippen molar-refractivity contribution in [3.05, 3.63) is 0 Å². The van der Waals surface area contributed by atoms with Crippen LogP contribution in [0.25, 0.3) is 0 Å². The van der Waals surface area contributed by atoms with Crippen LogP contribution in [0.4, 0.5) is 0 Å². The Hall–Kier alpha value is 0.0500. The summed E-state index contributed by atoms with van der Waals surface area (Å²) in [6.45, 7) is 2.35. The van der Waals surface area contributed by atoms with Gasteiger partial charge in [0.25, 0.3) is 0 Å². The van der Waals surface area contributed by atoms with Crippen molar-refractivity contribution in [2.24, 2.45) is 0 Å². The smallest absolute Gasteiger partial charge is 0.305 e. The fourth-order valence-corrected chi connectivity index (χ4v) is 2.46. The van der Waals surface area contributed by atoms with Crippen molar-refractivity contribution in [1.29, 1.82) is 0 Å². The molecule has 0 heterocycles. The highest BCUT2D eigenvalue weighted by molar-refractivity contribution is 6.44. The van der Waals surface area contributed by atoms with Gasteiger partial charge in [-0.2, -0.15) is 0 Å². The van der Waals surface area contributed by atoms with E-state index in [2.05, 4.69) is 6.92 Å². The number of halogens is 2. The average molecular weight is 339 g/mol. The van der Waals surface area contributed by atoms with E-state index in [9.17, 15) is 4.79 Å². The van der Waals surface area contributed by atoms with E-state index in [1.54, 1.807) is 0 Å². The molecule has 0 aliphatic heterocycles. The quantitative estimate of drug-likeness (QED) is 0.195. The molecule has 0 radical (unpaired) electrons. The largest absolute Gasteiger partial charge is 0.463 e. The molecule has 0 atom stereocenters. The second-order valence-corrected chi connectivity index (χ2v) is 6.99. The van der Waals surface area contributed by atoms with E-state index < -0.39 is 4.84 Å². The van der Waals surface area contributed by atoms with Crippen LogP contribution < -0.4 is 0 Å². The molecule has 0 aromatic carbocycles. The molecule has 126 valence electrons. The highest BCUT2D eigenvalue weighted by Crippen LogP contribution is 2.12. The number of carbonyl (C=O) groups excluding carboxylic acids is 1. The number of esters is 1. The van der Waals surface area contributed by atoms with Crippen LogP contribution in [0, 0.1) is 0 Å². The van der Waals surface area contributed by atoms with Gasteiger partial charge < -0.3 is 4.74 Å². The Kier molecular flexibility index (Phi) is 16.5. The molecule has 0 unspecified atom stereocenters. The summed E-state index contributed by atoms with van der Waals surface area (Å²) in [5, 5.41) is 0. The molecule has 2 nitrogen and oxygen atoms in total. The zero-order valence-corrected chi connectivity index (χ0v) is 15.1. The van der Waals surface area contributed by atoms with Crippen LogP contribution in [0.3, 0.4) is 0 Å². The molecule has 0 bridgehead atoms. The van der Waals surface area contributed by atoms with E-state index in [1.165, 1.54) is 64.2 Å². The molecule has 0 fully saturated rings. The molecule has 0 amide bonds. The van der Waals surface area contributed by atoms with Crippen molar-refractivity contribution in [2.45, 2.75) is 95.2 Å². The monoisotopic (exact) mass is 338 g/mol. The fraction of sp³-hybridized carbons (Fsp3) is 0.941. The van der Waals surface area contributed by atoms with Gasteiger partial charge in [-0.3, -0.25) is 4.79 Å². The Bertz CT molecular complexity index is 233. The first kappa shape index (κ1) is 21.0. The lowest BCUT2D eigenvalue weighted by atomic mass is 10.0. The van der Waals surface area contributed by atoms with Crippen LogP contribution in [0.15, 0.2) is 0 Å². The van der Waals surface area contributed by atoms with Gasteiger partial charge in [0.05, 0.1) is 0 Å². The summed E-state index contributed by atoms with van der Waals surface area (Å²) in [4.78, 5) is 10.7. The maximum Gasteiger partial charge on any atom is 0.305 e. The summed E-state index contributed by atoms with van der Waals surface area (Å²) in [5.74, 6) is -0.187. The van der Waals surface area contributed by atoms with Crippen molar-refractivity contribution >= 4 is 29.2 Å². The van der Waals surface area contributed by atoms with E-state index in [1.807, 2.05) is 0 Å². The Morgan fingerprint density at radius 3 is 1.67 bits per heavy atom. The molecule has 21 heavy (non-hydrogen) atoms. The van der Waals surface area contributed by atoms with Gasteiger partial charge in [0, 0.05) is 6.42 Å². The minimum Gasteiger partial charge on any atom is -0.463 e. The highest BCUT2D eigenvalue weighted by atomic mass is 35.5. The molecular formula is C17H32Cl2O2. The van der Waals surface area contributed by atoms with Gasteiger partial charge in [0.1, 0.15) is 11.4 Å². The standard InChI is InChI=1S/C17H32Cl2O2/c1-2-3-4-5-6-7-8-9-10-11-12-13-14-17(20)21-15-16(18)19/h16H,2-15H2,1H3. The third kappa shape index (κ3) is 18.0. The molecule has 0 aromatic heterocycles. The number of ether oxygens (including phenoxy) is 1. The van der Waals surface area contributed by atoms with Gasteiger partial charge in [-0.15, -0.1) is 23.2 Å². The number of unbranched alkanes of at least 4 members (excludes halogenated alkanes) is 11. The van der Waals surface area contributed by atoms with Gasteiger partial charge in [-0.1, -0.05) is 77.6 Å². The molecule has 0 saturated carbocycles. The summed E-state index contributed by atoms with van der Waals surface area (Å²) >= 11 is 11.0. The summed E-state index contributed by atoms with van der Waals surface area (Å²) in [6, 6.07) is 0. The van der Waals surface area contributed by atoms with Crippen LogP contribution >= 0.6 is 23.2 Å². The maximum absolute atomic E-state index is 11.3. The summed E-state index contributed by atoms with van der Waals surface area (Å²) < 4.78 is 4.90. The van der Waals surface area contributed by atoms with Gasteiger partial charge in [-0.05, 0) is 6.42 Å². The van der Waals surface area contributed by atoms with Crippen LogP contribution in [-0.4, -0.2) is 17.4 Å². The first-order chi connectivity index (χ1) is 10.2. The van der Waals surface area contributed by atoms with Crippen molar-refractivity contribution in [2.75, 3.05) is 6.61 Å². The van der Waals surface area contributed by atoms with E-state index in [-0.39, 0.29) is 12.6 Å². The van der Waals surface area contributed by atoms with Crippen LogP contribution in [-0.2, 0) is 9.53 Å². The first-order valence-electron chi connectivity index (χ1n) is 8.60. The number of hydrogen-bond acceptors (Lipinski definition) is 2. The lowest BCUT2D eigenvalue weighted by Gasteiger charge is -2.05. The second-order valence-electron chi connectivity index (χ2n) is 5.71. The Balaban J connectivity index is 3.10. The van der Waals surface area contributed by atoms with Crippen molar-refractivity contribution in [3.63, 3.8) is 0 Å². The lowest BCUT2D eigenvalue weighted by molar-refractivity contribution is -0.143. The summed E-state index contributed by atoms with van der Waals surface area (Å²) in [7, 11) is 0. The Morgan fingerprint density at radius 1 is 0.810 bits per heavy atom. The number of alkyl halides is 2. The van der Waals surface area contributed by atoms with Crippen LogP contribution in [0.1, 0.15) is 90.4 Å². The predicted molar refractivity (Wildman–Crippen MR) is 92.1 cm³/mol. The van der Waals surface area contributed by atoms with Gasteiger partial charge in [0.2, 0.25) is 0 Å². The molecule has 0 aromatic rings. The second kappa shape index (κ2) is 16.4. The van der Waals surface area contributed by atoms with E-state index in [0.29, 0.717) is 6.42 Å². The van der Waals surface area contributed by atoms with Crippen molar-refractivity contribution in [3.8, 4) is 0 Å². The minimum absolute atomic E-state index is 0.0974. The molecule has 0 aliphatic rings. The molecule has 0 rings (SSSR count). The van der Waals surface area contributed by atoms with Crippen molar-refractivity contribution in [1.82, 2.24) is 0 Å². The topological polar surface area (TPSA) is 26.3 Å². The molecule has 0 aliphatic carbocycles. The zero-order chi connectivity index (χ0) is 15.8. The maximum atomic E-state index is 11.3. The van der Waals surface area contributed by atoms with E-state index in [4.69, 9.17) is 27.9 Å². The summed E-state index contributed by atoms with van der Waals surface area (Å²) in [5.41, 5.74) is 0. The molecule has 4 heteroatoms.